The highest BCUT2D eigenvalue weighted by Gasteiger charge is 2.31. The van der Waals surface area contributed by atoms with E-state index in [2.05, 4.69) is 27.0 Å². The molecule has 11 nitrogen and oxygen atoms in total. The topological polar surface area (TPSA) is 130 Å². The number of hydrogen-bond acceptors (Lipinski definition) is 9. The molecule has 0 unspecified atom stereocenters. The van der Waals surface area contributed by atoms with Crippen LogP contribution in [0.3, 0.4) is 0 Å². The second-order valence-electron chi connectivity index (χ2n) is 9.53. The summed E-state index contributed by atoms with van der Waals surface area (Å²) in [6.07, 6.45) is 0.0582. The molecule has 2 aromatic carbocycles. The first-order valence-electron chi connectivity index (χ1n) is 12.6. The smallest absolute Gasteiger partial charge is 0.303 e. The van der Waals surface area contributed by atoms with E-state index in [1.54, 1.807) is 36.0 Å². The van der Waals surface area contributed by atoms with Crippen molar-refractivity contribution in [3.8, 4) is 5.69 Å². The summed E-state index contributed by atoms with van der Waals surface area (Å²) < 4.78 is 1.87. The van der Waals surface area contributed by atoms with Gasteiger partial charge in [0.05, 0.1) is 16.3 Å². The summed E-state index contributed by atoms with van der Waals surface area (Å²) in [5.41, 5.74) is 2.12. The number of thioether (sulfide) groups is 1. The van der Waals surface area contributed by atoms with E-state index in [0.717, 1.165) is 38.5 Å². The number of aliphatic imine (C=N–C) groups is 1. The van der Waals surface area contributed by atoms with Gasteiger partial charge in [0.1, 0.15) is 6.04 Å². The monoisotopic (exact) mass is 569 g/mol. The Morgan fingerprint density at radius 1 is 1.15 bits per heavy atom. The van der Waals surface area contributed by atoms with E-state index in [4.69, 9.17) is 16.6 Å². The molecule has 3 aromatic rings. The number of piperazine rings is 1. The maximum absolute atomic E-state index is 11.7. The van der Waals surface area contributed by atoms with Crippen molar-refractivity contribution < 1.29 is 14.8 Å². The van der Waals surface area contributed by atoms with E-state index in [1.165, 1.54) is 12.1 Å². The van der Waals surface area contributed by atoms with Crippen LogP contribution in [0.4, 0.5) is 5.69 Å². The molecule has 0 saturated carbocycles. The molecule has 0 spiro atoms. The number of likely N-dealkylation sites (N-methyl/N-ethyl adjacent to an activating group) is 1. The van der Waals surface area contributed by atoms with E-state index in [0.29, 0.717) is 38.5 Å². The average molecular weight is 570 g/mol. The highest BCUT2D eigenvalue weighted by Crippen LogP contribution is 2.37. The van der Waals surface area contributed by atoms with Crippen molar-refractivity contribution in [2.75, 3.05) is 45.5 Å². The predicted octanol–water partition coefficient (Wildman–Crippen LogP) is 3.93. The van der Waals surface area contributed by atoms with Gasteiger partial charge in [-0.05, 0) is 25.6 Å². The minimum Gasteiger partial charge on any atom is -0.481 e. The molecule has 0 aliphatic carbocycles. The molecule has 1 N–H and O–H groups in total. The number of hydrogen-bond donors (Lipinski definition) is 1. The summed E-state index contributed by atoms with van der Waals surface area (Å²) in [5, 5.41) is 31.1. The van der Waals surface area contributed by atoms with Crippen LogP contribution in [0.2, 0.25) is 5.02 Å². The molecular weight excluding hydrogens is 542 g/mol. The lowest BCUT2D eigenvalue weighted by molar-refractivity contribution is -0.384. The van der Waals surface area contributed by atoms with Gasteiger partial charge in [-0.1, -0.05) is 41.6 Å². The third kappa shape index (κ3) is 5.98. The van der Waals surface area contributed by atoms with Gasteiger partial charge in [0.15, 0.2) is 11.0 Å². The molecule has 1 atom stereocenters. The molecule has 0 amide bonds. The summed E-state index contributed by atoms with van der Waals surface area (Å²) >= 11 is 8.12. The summed E-state index contributed by atoms with van der Waals surface area (Å²) in [7, 11) is 2.12. The number of carbonyl (C=O) groups is 1. The summed E-state index contributed by atoms with van der Waals surface area (Å²) in [5.74, 6) is 0.326. The molecule has 2 aliphatic rings. The zero-order valence-corrected chi connectivity index (χ0v) is 22.9. The zero-order valence-electron chi connectivity index (χ0n) is 21.4. The fourth-order valence-electron chi connectivity index (χ4n) is 4.78. The number of fused-ring (bicyclic) bond motifs is 3. The normalized spacial score (nSPS) is 17.7. The predicted molar refractivity (Wildman–Crippen MR) is 149 cm³/mol. The van der Waals surface area contributed by atoms with Crippen LogP contribution in [0, 0.1) is 10.1 Å². The van der Waals surface area contributed by atoms with E-state index < -0.39 is 16.9 Å². The van der Waals surface area contributed by atoms with Crippen molar-refractivity contribution in [2.45, 2.75) is 24.0 Å². The molecule has 1 saturated heterocycles. The summed E-state index contributed by atoms with van der Waals surface area (Å²) in [6.45, 7) is 4.97. The molecule has 39 heavy (non-hydrogen) atoms. The highest BCUT2D eigenvalue weighted by atomic mass is 35.5. The fourth-order valence-corrected chi connectivity index (χ4v) is 5.96. The lowest BCUT2D eigenvalue weighted by atomic mass is 9.99. The largest absolute Gasteiger partial charge is 0.481 e. The first kappa shape index (κ1) is 27.3. The van der Waals surface area contributed by atoms with Crippen LogP contribution in [0.25, 0.3) is 5.69 Å². The summed E-state index contributed by atoms with van der Waals surface area (Å²) in [6, 6.07) is 11.1. The molecule has 5 rings (SSSR count). The Hall–Kier alpha value is -3.32. The standard InChI is InChI=1S/C26H28ClN7O4S/c1-31-10-12-32(13-11-31)14-15-39-26-30-29-25-21(7-9-23(35)36)28-24(18-4-2-3-5-20(18)27)19-16-17(34(37)38)6-8-22(19)33(25)26/h2-6,8,16,21H,7,9-15H2,1H3,(H,35,36)/t21-/m0/s1. The van der Waals surface area contributed by atoms with Crippen molar-refractivity contribution in [3.05, 3.63) is 74.6 Å². The Morgan fingerprint density at radius 3 is 2.64 bits per heavy atom. The number of nitro groups is 1. The molecule has 1 aromatic heterocycles. The van der Waals surface area contributed by atoms with Crippen molar-refractivity contribution >= 4 is 40.7 Å². The third-order valence-corrected chi connectivity index (χ3v) is 8.16. The number of carboxylic acid groups (broad SMARTS) is 1. The molecule has 13 heteroatoms. The van der Waals surface area contributed by atoms with Gasteiger partial charge in [0, 0.05) is 73.2 Å². The van der Waals surface area contributed by atoms with Crippen molar-refractivity contribution in [1.29, 1.82) is 0 Å². The molecular formula is C26H28ClN7O4S. The van der Waals surface area contributed by atoms with Gasteiger partial charge in [0.2, 0.25) is 0 Å². The van der Waals surface area contributed by atoms with Gasteiger partial charge in [-0.2, -0.15) is 0 Å². The van der Waals surface area contributed by atoms with Crippen molar-refractivity contribution in [2.24, 2.45) is 4.99 Å². The second-order valence-corrected chi connectivity index (χ2v) is 11.0. The Kier molecular flexibility index (Phi) is 8.26. The SMILES string of the molecule is CN1CCN(CCSc2nnc3n2-c2ccc([N+](=O)[O-])cc2C(c2ccccc2Cl)=N[C@H]3CCC(=O)O)CC1. The van der Waals surface area contributed by atoms with Crippen molar-refractivity contribution in [1.82, 2.24) is 24.6 Å². The number of nitrogens with zero attached hydrogens (tertiary/aromatic N) is 7. The molecule has 204 valence electrons. The van der Waals surface area contributed by atoms with Gasteiger partial charge in [-0.3, -0.25) is 29.4 Å². The highest BCUT2D eigenvalue weighted by molar-refractivity contribution is 7.99. The maximum Gasteiger partial charge on any atom is 0.303 e. The van der Waals surface area contributed by atoms with Crippen LogP contribution in [-0.4, -0.2) is 91.8 Å². The van der Waals surface area contributed by atoms with E-state index >= 15 is 0 Å². The summed E-state index contributed by atoms with van der Waals surface area (Å²) in [4.78, 5) is 32.4. The minimum absolute atomic E-state index is 0.0867. The molecule has 0 bridgehead atoms. The number of non-ortho nitro benzene ring substituents is 1. The number of halogens is 1. The third-order valence-electron chi connectivity index (χ3n) is 6.92. The Balaban J connectivity index is 1.58. The first-order valence-corrected chi connectivity index (χ1v) is 14.0. The van der Waals surface area contributed by atoms with Crippen LogP contribution >= 0.6 is 23.4 Å². The van der Waals surface area contributed by atoms with E-state index in [9.17, 15) is 20.0 Å². The number of benzene rings is 2. The van der Waals surface area contributed by atoms with Gasteiger partial charge in [-0.15, -0.1) is 10.2 Å². The molecule has 2 aliphatic heterocycles. The fraction of sp³-hybridized carbons (Fsp3) is 0.385. The van der Waals surface area contributed by atoms with Gasteiger partial charge in [0.25, 0.3) is 5.69 Å². The van der Waals surface area contributed by atoms with Crippen molar-refractivity contribution in [3.63, 3.8) is 0 Å². The Labute approximate surface area is 234 Å². The quantitative estimate of drug-likeness (QED) is 0.231. The number of rotatable bonds is 9. The second kappa shape index (κ2) is 11.8. The molecule has 1 fully saturated rings. The van der Waals surface area contributed by atoms with E-state index in [-0.39, 0.29) is 18.5 Å². The number of aliphatic carboxylic acids is 1. The lowest BCUT2D eigenvalue weighted by Crippen LogP contribution is -2.45. The van der Waals surface area contributed by atoms with Gasteiger partial charge in [-0.25, -0.2) is 0 Å². The van der Waals surface area contributed by atoms with Gasteiger partial charge >= 0.3 is 5.97 Å². The van der Waals surface area contributed by atoms with Crippen LogP contribution in [-0.2, 0) is 4.79 Å². The van der Waals surface area contributed by atoms with Crippen LogP contribution in [0.1, 0.15) is 35.8 Å². The zero-order chi connectivity index (χ0) is 27.5. The first-order chi connectivity index (χ1) is 18.8. The lowest BCUT2D eigenvalue weighted by Gasteiger charge is -2.32. The average Bonchev–Trinajstić information content (AvgIpc) is 3.27. The van der Waals surface area contributed by atoms with Crippen LogP contribution in [0.5, 0.6) is 0 Å². The van der Waals surface area contributed by atoms with Crippen LogP contribution in [0.15, 0.2) is 52.6 Å². The number of nitro benzene ring substituents is 1. The Bertz CT molecular complexity index is 1420. The maximum atomic E-state index is 11.7. The molecule has 0 radical (unpaired) electrons. The van der Waals surface area contributed by atoms with E-state index in [1.807, 2.05) is 10.6 Å². The number of aromatic nitrogens is 3. The molecule has 3 heterocycles. The van der Waals surface area contributed by atoms with Gasteiger partial charge < -0.3 is 10.0 Å². The number of carboxylic acids is 1. The van der Waals surface area contributed by atoms with Crippen LogP contribution < -0.4 is 0 Å². The Morgan fingerprint density at radius 2 is 1.92 bits per heavy atom. The minimum atomic E-state index is -0.949.